The number of carbonyl (C=O) groups is 1. The molecule has 6 heteroatoms. The Morgan fingerprint density at radius 3 is 2.55 bits per heavy atom. The SMILES string of the molecule is CCn1c(SCC(=O)Nc2ccccc2)nc2c(c1=O)[C@@](C)(CC)Cc1ccccc1-2. The van der Waals surface area contributed by atoms with Crippen molar-refractivity contribution in [2.45, 2.75) is 50.7 Å². The van der Waals surface area contributed by atoms with Gasteiger partial charge in [-0.05, 0) is 37.5 Å². The van der Waals surface area contributed by atoms with E-state index in [1.807, 2.05) is 55.5 Å². The summed E-state index contributed by atoms with van der Waals surface area (Å²) in [7, 11) is 0. The minimum absolute atomic E-state index is 0.0114. The highest BCUT2D eigenvalue weighted by Gasteiger charge is 2.38. The Kier molecular flexibility index (Phi) is 6.01. The second-order valence-corrected chi connectivity index (χ2v) is 9.06. The van der Waals surface area contributed by atoms with Gasteiger partial charge in [-0.3, -0.25) is 14.2 Å². The summed E-state index contributed by atoms with van der Waals surface area (Å²) in [4.78, 5) is 31.0. The first-order valence-electron chi connectivity index (χ1n) is 10.7. The van der Waals surface area contributed by atoms with Crippen molar-refractivity contribution >= 4 is 23.4 Å². The fourth-order valence-corrected chi connectivity index (χ4v) is 5.08. The molecule has 4 rings (SSSR count). The Morgan fingerprint density at radius 2 is 1.84 bits per heavy atom. The van der Waals surface area contributed by atoms with E-state index in [1.165, 1.54) is 17.3 Å². The molecule has 0 fully saturated rings. The zero-order chi connectivity index (χ0) is 22.0. The van der Waals surface area contributed by atoms with E-state index in [4.69, 9.17) is 4.98 Å². The fraction of sp³-hybridized carbons (Fsp3) is 0.320. The number of rotatable bonds is 6. The molecule has 3 aromatic rings. The average molecular weight is 434 g/mol. The number of amides is 1. The number of hydrogen-bond donors (Lipinski definition) is 1. The molecule has 0 unspecified atom stereocenters. The molecule has 1 aliphatic rings. The minimum atomic E-state index is -0.251. The number of para-hydroxylation sites is 1. The van der Waals surface area contributed by atoms with E-state index in [0.717, 1.165) is 35.3 Å². The second-order valence-electron chi connectivity index (χ2n) is 8.12. The lowest BCUT2D eigenvalue weighted by atomic mass is 9.69. The third kappa shape index (κ3) is 4.04. The van der Waals surface area contributed by atoms with Gasteiger partial charge in [0, 0.05) is 23.2 Å². The van der Waals surface area contributed by atoms with Gasteiger partial charge in [-0.25, -0.2) is 4.98 Å². The highest BCUT2D eigenvalue weighted by atomic mass is 32.2. The molecule has 5 nitrogen and oxygen atoms in total. The van der Waals surface area contributed by atoms with Crippen LogP contribution >= 0.6 is 11.8 Å². The van der Waals surface area contributed by atoms with Crippen molar-refractivity contribution < 1.29 is 4.79 Å². The Hall–Kier alpha value is -2.86. The van der Waals surface area contributed by atoms with Gasteiger partial charge in [0.15, 0.2) is 5.16 Å². The Morgan fingerprint density at radius 1 is 1.13 bits per heavy atom. The number of fused-ring (bicyclic) bond motifs is 3. The quantitative estimate of drug-likeness (QED) is 0.444. The van der Waals surface area contributed by atoms with Crippen LogP contribution in [-0.4, -0.2) is 21.2 Å². The minimum Gasteiger partial charge on any atom is -0.325 e. The van der Waals surface area contributed by atoms with Crippen molar-refractivity contribution in [1.82, 2.24) is 9.55 Å². The number of carbonyl (C=O) groups excluding carboxylic acids is 1. The van der Waals surface area contributed by atoms with Crippen molar-refractivity contribution in [2.24, 2.45) is 0 Å². The zero-order valence-electron chi connectivity index (χ0n) is 18.1. The Labute approximate surface area is 186 Å². The predicted octanol–water partition coefficient (Wildman–Crippen LogP) is 4.88. The van der Waals surface area contributed by atoms with E-state index < -0.39 is 0 Å². The lowest BCUT2D eigenvalue weighted by Gasteiger charge is -2.35. The Balaban J connectivity index is 1.71. The first-order valence-corrected chi connectivity index (χ1v) is 11.7. The van der Waals surface area contributed by atoms with Gasteiger partial charge >= 0.3 is 0 Å². The molecule has 2 aromatic carbocycles. The van der Waals surface area contributed by atoms with Crippen molar-refractivity contribution in [1.29, 1.82) is 0 Å². The van der Waals surface area contributed by atoms with Crippen molar-refractivity contribution in [3.05, 3.63) is 76.1 Å². The van der Waals surface area contributed by atoms with Gasteiger partial charge in [-0.2, -0.15) is 0 Å². The van der Waals surface area contributed by atoms with Crippen LogP contribution in [0.5, 0.6) is 0 Å². The summed E-state index contributed by atoms with van der Waals surface area (Å²) in [5.41, 5.74) is 4.33. The fourth-order valence-electron chi connectivity index (χ4n) is 4.23. The highest BCUT2D eigenvalue weighted by molar-refractivity contribution is 7.99. The van der Waals surface area contributed by atoms with Crippen LogP contribution in [0.4, 0.5) is 5.69 Å². The van der Waals surface area contributed by atoms with Crippen LogP contribution < -0.4 is 10.9 Å². The van der Waals surface area contributed by atoms with Crippen LogP contribution in [0.1, 0.15) is 38.3 Å². The monoisotopic (exact) mass is 433 g/mol. The summed E-state index contributed by atoms with van der Waals surface area (Å²) >= 11 is 1.31. The summed E-state index contributed by atoms with van der Waals surface area (Å²) in [6, 6.07) is 17.6. The van der Waals surface area contributed by atoms with E-state index >= 15 is 0 Å². The lowest BCUT2D eigenvalue weighted by molar-refractivity contribution is -0.113. The maximum Gasteiger partial charge on any atom is 0.258 e. The van der Waals surface area contributed by atoms with Gasteiger partial charge in [-0.15, -0.1) is 0 Å². The van der Waals surface area contributed by atoms with Gasteiger partial charge in [-0.1, -0.05) is 68.1 Å². The number of aromatic nitrogens is 2. The first-order chi connectivity index (χ1) is 15.0. The van der Waals surface area contributed by atoms with Gasteiger partial charge in [0.1, 0.15) is 0 Å². The molecule has 1 heterocycles. The van der Waals surface area contributed by atoms with E-state index in [1.54, 1.807) is 4.57 Å². The summed E-state index contributed by atoms with van der Waals surface area (Å²) in [6.45, 7) is 6.75. The van der Waals surface area contributed by atoms with Crippen LogP contribution in [-0.2, 0) is 23.2 Å². The van der Waals surface area contributed by atoms with Gasteiger partial charge < -0.3 is 5.32 Å². The molecule has 1 aromatic heterocycles. The van der Waals surface area contributed by atoms with Crippen molar-refractivity contribution in [3.63, 3.8) is 0 Å². The van der Waals surface area contributed by atoms with Crippen LogP contribution in [0.3, 0.4) is 0 Å². The smallest absolute Gasteiger partial charge is 0.258 e. The average Bonchev–Trinajstić information content (AvgIpc) is 2.78. The van der Waals surface area contributed by atoms with Gasteiger partial charge in [0.05, 0.1) is 17.0 Å². The van der Waals surface area contributed by atoms with E-state index in [2.05, 4.69) is 25.2 Å². The molecule has 0 radical (unpaired) electrons. The summed E-state index contributed by atoms with van der Waals surface area (Å²) in [5.74, 6) is 0.0666. The molecule has 1 aliphatic carbocycles. The van der Waals surface area contributed by atoms with Crippen LogP contribution in [0.2, 0.25) is 0 Å². The maximum atomic E-state index is 13.6. The van der Waals surface area contributed by atoms with Crippen molar-refractivity contribution in [3.8, 4) is 11.3 Å². The molecule has 1 amide bonds. The van der Waals surface area contributed by atoms with E-state index in [0.29, 0.717) is 11.7 Å². The highest BCUT2D eigenvalue weighted by Crippen LogP contribution is 2.42. The molecule has 0 bridgehead atoms. The maximum absolute atomic E-state index is 13.6. The third-order valence-corrected chi connectivity index (χ3v) is 7.05. The summed E-state index contributed by atoms with van der Waals surface area (Å²) in [6.07, 6.45) is 1.69. The number of nitrogens with one attached hydrogen (secondary N) is 1. The molecular formula is C25H27N3O2S. The molecule has 31 heavy (non-hydrogen) atoms. The largest absolute Gasteiger partial charge is 0.325 e. The molecule has 160 valence electrons. The number of hydrogen-bond acceptors (Lipinski definition) is 4. The summed E-state index contributed by atoms with van der Waals surface area (Å²) < 4.78 is 1.71. The molecular weight excluding hydrogens is 406 g/mol. The molecule has 0 spiro atoms. The van der Waals surface area contributed by atoms with Crippen molar-refractivity contribution in [2.75, 3.05) is 11.1 Å². The molecule has 1 atom stereocenters. The standard InChI is InChI=1S/C25H27N3O2S/c1-4-25(3)15-17-11-9-10-14-19(17)22-21(25)23(30)28(5-2)24(27-22)31-16-20(29)26-18-12-7-6-8-13-18/h6-14H,4-5,15-16H2,1-3H3,(H,26,29)/t25-/m0/s1. The number of thioether (sulfide) groups is 1. The lowest BCUT2D eigenvalue weighted by Crippen LogP contribution is -2.39. The van der Waals surface area contributed by atoms with Crippen LogP contribution in [0, 0.1) is 0 Å². The molecule has 0 saturated heterocycles. The Bertz CT molecular complexity index is 1170. The normalized spacial score (nSPS) is 17.0. The topological polar surface area (TPSA) is 64.0 Å². The second kappa shape index (κ2) is 8.71. The summed E-state index contributed by atoms with van der Waals surface area (Å²) in [5, 5.41) is 3.48. The van der Waals surface area contributed by atoms with Gasteiger partial charge in [0.25, 0.3) is 5.56 Å². The molecule has 0 aliphatic heterocycles. The number of nitrogens with zero attached hydrogens (tertiary/aromatic N) is 2. The first kappa shape index (κ1) is 21.4. The predicted molar refractivity (Wildman–Crippen MR) is 127 cm³/mol. The van der Waals surface area contributed by atoms with Crippen LogP contribution in [0.15, 0.2) is 64.5 Å². The molecule has 1 N–H and O–H groups in total. The van der Waals surface area contributed by atoms with E-state index in [9.17, 15) is 9.59 Å². The third-order valence-electron chi connectivity index (χ3n) is 6.08. The van der Waals surface area contributed by atoms with E-state index in [-0.39, 0.29) is 22.6 Å². The zero-order valence-corrected chi connectivity index (χ0v) is 19.0. The number of anilines is 1. The van der Waals surface area contributed by atoms with Crippen LogP contribution in [0.25, 0.3) is 11.3 Å². The number of benzene rings is 2. The van der Waals surface area contributed by atoms with Gasteiger partial charge in [0.2, 0.25) is 5.91 Å². The molecule has 0 saturated carbocycles.